The molecule has 1 aliphatic rings. The molecular weight excluding hydrogens is 160 g/mol. The molecule has 0 aromatic rings. The smallest absolute Gasteiger partial charge is 0.249 e. The van der Waals surface area contributed by atoms with Crippen molar-refractivity contribution in [2.45, 2.75) is 39.0 Å². The molecular formula is C9H17F2N. The van der Waals surface area contributed by atoms with E-state index in [1.165, 1.54) is 0 Å². The summed E-state index contributed by atoms with van der Waals surface area (Å²) in [4.78, 5) is 0. The number of halogens is 2. The van der Waals surface area contributed by atoms with Gasteiger partial charge in [0.25, 0.3) is 0 Å². The summed E-state index contributed by atoms with van der Waals surface area (Å²) < 4.78 is 26.2. The number of nitrogens with two attached hydrogens (primary N) is 1. The Bertz CT molecular complexity index is 150. The Balaban J connectivity index is 2.66. The van der Waals surface area contributed by atoms with Gasteiger partial charge in [0.2, 0.25) is 5.92 Å². The quantitative estimate of drug-likeness (QED) is 0.654. The van der Waals surface area contributed by atoms with Crippen LogP contribution >= 0.6 is 0 Å². The Labute approximate surface area is 72.3 Å². The molecule has 2 N–H and O–H groups in total. The molecule has 1 fully saturated rings. The summed E-state index contributed by atoms with van der Waals surface area (Å²) >= 11 is 0. The van der Waals surface area contributed by atoms with Crippen LogP contribution in [0.4, 0.5) is 8.78 Å². The first kappa shape index (κ1) is 9.90. The van der Waals surface area contributed by atoms with Crippen molar-refractivity contribution in [1.29, 1.82) is 0 Å². The van der Waals surface area contributed by atoms with E-state index >= 15 is 0 Å². The van der Waals surface area contributed by atoms with Crippen LogP contribution in [0.25, 0.3) is 0 Å². The second-order valence-electron chi connectivity index (χ2n) is 4.71. The average molecular weight is 177 g/mol. The van der Waals surface area contributed by atoms with Gasteiger partial charge >= 0.3 is 0 Å². The summed E-state index contributed by atoms with van der Waals surface area (Å²) in [6, 6.07) is 0. The molecule has 0 aromatic carbocycles. The third-order valence-corrected chi connectivity index (χ3v) is 2.50. The lowest BCUT2D eigenvalue weighted by molar-refractivity contribution is -0.0919. The second kappa shape index (κ2) is 2.95. The zero-order chi connectivity index (χ0) is 9.41. The average Bonchev–Trinajstić information content (AvgIpc) is 1.80. The molecule has 1 atom stereocenters. The topological polar surface area (TPSA) is 26.0 Å². The van der Waals surface area contributed by atoms with Gasteiger partial charge in [0.15, 0.2) is 0 Å². The van der Waals surface area contributed by atoms with E-state index in [0.717, 1.165) is 6.42 Å². The van der Waals surface area contributed by atoms with Crippen molar-refractivity contribution < 1.29 is 8.78 Å². The number of hydrogen-bond donors (Lipinski definition) is 1. The van der Waals surface area contributed by atoms with Gasteiger partial charge in [-0.2, -0.15) is 0 Å². The van der Waals surface area contributed by atoms with E-state index in [0.29, 0.717) is 6.54 Å². The van der Waals surface area contributed by atoms with Gasteiger partial charge < -0.3 is 5.73 Å². The molecule has 1 unspecified atom stereocenters. The molecule has 1 rings (SSSR count). The highest BCUT2D eigenvalue weighted by Crippen LogP contribution is 2.46. The highest BCUT2D eigenvalue weighted by Gasteiger charge is 2.44. The monoisotopic (exact) mass is 177 g/mol. The van der Waals surface area contributed by atoms with Gasteiger partial charge in [0.05, 0.1) is 0 Å². The summed E-state index contributed by atoms with van der Waals surface area (Å²) in [5.74, 6) is -2.49. The standard InChI is InChI=1S/C9H17F2N/c1-8(2)3-7(5-12)4-9(10,11)6-8/h7H,3-6,12H2,1-2H3. The third-order valence-electron chi connectivity index (χ3n) is 2.50. The van der Waals surface area contributed by atoms with Crippen LogP contribution in [0.1, 0.15) is 33.1 Å². The molecule has 72 valence electrons. The van der Waals surface area contributed by atoms with Crippen LogP contribution in [0.2, 0.25) is 0 Å². The van der Waals surface area contributed by atoms with Crippen molar-refractivity contribution in [3.8, 4) is 0 Å². The van der Waals surface area contributed by atoms with Gasteiger partial charge in [-0.15, -0.1) is 0 Å². The minimum atomic E-state index is -2.49. The summed E-state index contributed by atoms with van der Waals surface area (Å²) in [5, 5.41) is 0. The van der Waals surface area contributed by atoms with E-state index in [2.05, 4.69) is 0 Å². The van der Waals surface area contributed by atoms with Crippen LogP contribution in [0.5, 0.6) is 0 Å². The van der Waals surface area contributed by atoms with Crippen LogP contribution in [0, 0.1) is 11.3 Å². The Morgan fingerprint density at radius 1 is 1.33 bits per heavy atom. The molecule has 0 radical (unpaired) electrons. The maximum absolute atomic E-state index is 13.1. The van der Waals surface area contributed by atoms with E-state index in [-0.39, 0.29) is 24.2 Å². The van der Waals surface area contributed by atoms with Crippen LogP contribution < -0.4 is 5.73 Å². The van der Waals surface area contributed by atoms with E-state index < -0.39 is 5.92 Å². The van der Waals surface area contributed by atoms with Crippen molar-refractivity contribution in [2.75, 3.05) is 6.54 Å². The largest absolute Gasteiger partial charge is 0.330 e. The first-order valence-electron chi connectivity index (χ1n) is 4.43. The highest BCUT2D eigenvalue weighted by molar-refractivity contribution is 4.88. The molecule has 0 bridgehead atoms. The van der Waals surface area contributed by atoms with Crippen LogP contribution in [0.15, 0.2) is 0 Å². The van der Waals surface area contributed by atoms with E-state index in [9.17, 15) is 8.78 Å². The number of alkyl halides is 2. The number of hydrogen-bond acceptors (Lipinski definition) is 1. The molecule has 1 aliphatic carbocycles. The van der Waals surface area contributed by atoms with E-state index in [1.54, 1.807) is 0 Å². The van der Waals surface area contributed by atoms with Crippen molar-refractivity contribution >= 4 is 0 Å². The predicted octanol–water partition coefficient (Wildman–Crippen LogP) is 2.41. The molecule has 0 aliphatic heterocycles. The van der Waals surface area contributed by atoms with Gasteiger partial charge in [-0.3, -0.25) is 0 Å². The van der Waals surface area contributed by atoms with Crippen LogP contribution in [0.3, 0.4) is 0 Å². The molecule has 0 aromatic heterocycles. The van der Waals surface area contributed by atoms with E-state index in [4.69, 9.17) is 5.73 Å². The molecule has 0 spiro atoms. The van der Waals surface area contributed by atoms with Crippen molar-refractivity contribution in [2.24, 2.45) is 17.1 Å². The summed E-state index contributed by atoms with van der Waals surface area (Å²) in [6.45, 7) is 4.17. The van der Waals surface area contributed by atoms with Gasteiger partial charge in [-0.05, 0) is 24.3 Å². The first-order valence-corrected chi connectivity index (χ1v) is 4.43. The van der Waals surface area contributed by atoms with Gasteiger partial charge in [-0.25, -0.2) is 8.78 Å². The predicted molar refractivity (Wildman–Crippen MR) is 45.1 cm³/mol. The van der Waals surface area contributed by atoms with Crippen molar-refractivity contribution in [3.05, 3.63) is 0 Å². The summed E-state index contributed by atoms with van der Waals surface area (Å²) in [7, 11) is 0. The fourth-order valence-corrected chi connectivity index (χ4v) is 2.29. The molecule has 0 amide bonds. The molecule has 1 nitrogen and oxygen atoms in total. The Hall–Kier alpha value is -0.180. The molecule has 1 saturated carbocycles. The zero-order valence-corrected chi connectivity index (χ0v) is 7.74. The summed E-state index contributed by atoms with van der Waals surface area (Å²) in [5.41, 5.74) is 5.17. The van der Waals surface area contributed by atoms with Crippen molar-refractivity contribution in [1.82, 2.24) is 0 Å². The molecule has 0 heterocycles. The minimum absolute atomic E-state index is 0.00347. The van der Waals surface area contributed by atoms with Crippen molar-refractivity contribution in [3.63, 3.8) is 0 Å². The maximum atomic E-state index is 13.1. The fourth-order valence-electron chi connectivity index (χ4n) is 2.29. The number of rotatable bonds is 1. The van der Waals surface area contributed by atoms with Gasteiger partial charge in [0, 0.05) is 12.8 Å². The van der Waals surface area contributed by atoms with Crippen LogP contribution in [-0.2, 0) is 0 Å². The second-order valence-corrected chi connectivity index (χ2v) is 4.71. The Morgan fingerprint density at radius 2 is 1.92 bits per heavy atom. The fraction of sp³-hybridized carbons (Fsp3) is 1.00. The lowest BCUT2D eigenvalue weighted by Crippen LogP contribution is -2.39. The zero-order valence-electron chi connectivity index (χ0n) is 7.74. The maximum Gasteiger partial charge on any atom is 0.249 e. The molecule has 12 heavy (non-hydrogen) atoms. The SMILES string of the molecule is CC1(C)CC(CN)CC(F)(F)C1. The first-order chi connectivity index (χ1) is 5.35. The highest BCUT2D eigenvalue weighted by atomic mass is 19.3. The van der Waals surface area contributed by atoms with E-state index in [1.807, 2.05) is 13.8 Å². The Kier molecular flexibility index (Phi) is 2.43. The van der Waals surface area contributed by atoms with Gasteiger partial charge in [-0.1, -0.05) is 13.8 Å². The van der Waals surface area contributed by atoms with Crippen LogP contribution in [-0.4, -0.2) is 12.5 Å². The molecule has 3 heteroatoms. The molecule has 0 saturated heterocycles. The lowest BCUT2D eigenvalue weighted by atomic mass is 9.70. The lowest BCUT2D eigenvalue weighted by Gasteiger charge is -2.39. The summed E-state index contributed by atoms with van der Waals surface area (Å²) in [6.07, 6.45) is 0.822. The Morgan fingerprint density at radius 3 is 2.33 bits per heavy atom. The normalized spacial score (nSPS) is 33.2. The minimum Gasteiger partial charge on any atom is -0.330 e. The third kappa shape index (κ3) is 2.41. The van der Waals surface area contributed by atoms with Gasteiger partial charge in [0.1, 0.15) is 0 Å².